The van der Waals surface area contributed by atoms with E-state index in [0.29, 0.717) is 18.1 Å². The predicted octanol–water partition coefficient (Wildman–Crippen LogP) is 4.17. The van der Waals surface area contributed by atoms with Crippen molar-refractivity contribution in [3.63, 3.8) is 0 Å². The zero-order valence-corrected chi connectivity index (χ0v) is 20.3. The molecule has 3 rings (SSSR count). The molecule has 1 aliphatic rings. The molecule has 0 atom stereocenters. The number of pyridine rings is 1. The number of nitrogens with zero attached hydrogens (tertiary/aromatic N) is 3. The smallest absolute Gasteiger partial charge is 0.226 e. The Bertz CT molecular complexity index is 826. The maximum Gasteiger partial charge on any atom is 0.226 e. The third-order valence-electron chi connectivity index (χ3n) is 4.83. The summed E-state index contributed by atoms with van der Waals surface area (Å²) in [7, 11) is 0. The summed E-state index contributed by atoms with van der Waals surface area (Å²) in [4.78, 5) is 22.7. The molecule has 2 aromatic rings. The lowest BCUT2D eigenvalue weighted by atomic mass is 10.1. The number of amides is 1. The van der Waals surface area contributed by atoms with Crippen LogP contribution >= 0.6 is 35.6 Å². The predicted molar refractivity (Wildman–Crippen MR) is 134 cm³/mol. The van der Waals surface area contributed by atoms with Crippen molar-refractivity contribution in [2.45, 2.75) is 39.2 Å². The van der Waals surface area contributed by atoms with Crippen LogP contribution in [0.15, 0.2) is 47.6 Å². The van der Waals surface area contributed by atoms with Crippen molar-refractivity contribution >= 4 is 53.1 Å². The lowest BCUT2D eigenvalue weighted by molar-refractivity contribution is -0.119. The van der Waals surface area contributed by atoms with Crippen molar-refractivity contribution in [1.82, 2.24) is 15.6 Å². The van der Waals surface area contributed by atoms with Crippen molar-refractivity contribution in [3.05, 3.63) is 58.9 Å². The second-order valence-electron chi connectivity index (χ2n) is 7.03. The number of guanidine groups is 1. The number of aromatic nitrogens is 1. The molecule has 0 saturated carbocycles. The molecule has 2 N–H and O–H groups in total. The van der Waals surface area contributed by atoms with Crippen LogP contribution in [0.1, 0.15) is 37.3 Å². The van der Waals surface area contributed by atoms with Crippen molar-refractivity contribution in [1.29, 1.82) is 0 Å². The van der Waals surface area contributed by atoms with Gasteiger partial charge in [0.1, 0.15) is 5.15 Å². The van der Waals surface area contributed by atoms with Gasteiger partial charge in [0.25, 0.3) is 0 Å². The van der Waals surface area contributed by atoms with Gasteiger partial charge in [0.2, 0.25) is 5.91 Å². The molecule has 1 saturated heterocycles. The average molecular weight is 542 g/mol. The molecule has 0 unspecified atom stereocenters. The van der Waals surface area contributed by atoms with Crippen molar-refractivity contribution < 1.29 is 4.79 Å². The largest absolute Gasteiger partial charge is 0.357 e. The van der Waals surface area contributed by atoms with Crippen LogP contribution in [0.5, 0.6) is 0 Å². The molecular formula is C22H29ClIN5O. The number of halogens is 2. The van der Waals surface area contributed by atoms with E-state index in [1.807, 2.05) is 42.2 Å². The molecule has 0 radical (unpaired) electrons. The van der Waals surface area contributed by atoms with E-state index < -0.39 is 0 Å². The number of piperidine rings is 1. The van der Waals surface area contributed by atoms with Crippen LogP contribution in [-0.4, -0.2) is 36.5 Å². The Morgan fingerprint density at radius 1 is 1.13 bits per heavy atom. The third kappa shape index (κ3) is 7.43. The first kappa shape index (κ1) is 24.4. The highest BCUT2D eigenvalue weighted by Gasteiger charge is 2.19. The van der Waals surface area contributed by atoms with Gasteiger partial charge in [0.05, 0.1) is 6.54 Å². The van der Waals surface area contributed by atoms with Gasteiger partial charge in [-0.1, -0.05) is 29.8 Å². The highest BCUT2D eigenvalue weighted by Crippen LogP contribution is 2.21. The molecule has 0 spiro atoms. The van der Waals surface area contributed by atoms with Crippen molar-refractivity contribution in [2.24, 2.45) is 4.99 Å². The van der Waals surface area contributed by atoms with Gasteiger partial charge in [0.15, 0.2) is 5.96 Å². The van der Waals surface area contributed by atoms with E-state index in [4.69, 9.17) is 11.6 Å². The molecule has 2 heterocycles. The Morgan fingerprint density at radius 3 is 2.57 bits per heavy atom. The van der Waals surface area contributed by atoms with Crippen LogP contribution in [0, 0.1) is 0 Å². The average Bonchev–Trinajstić information content (AvgIpc) is 2.74. The highest BCUT2D eigenvalue weighted by atomic mass is 127. The maximum atomic E-state index is 12.1. The fourth-order valence-electron chi connectivity index (χ4n) is 3.25. The molecule has 30 heavy (non-hydrogen) atoms. The van der Waals surface area contributed by atoms with Crippen LogP contribution in [0.3, 0.4) is 0 Å². The minimum Gasteiger partial charge on any atom is -0.357 e. The first-order chi connectivity index (χ1) is 14.2. The fourth-order valence-corrected chi connectivity index (χ4v) is 3.36. The lowest BCUT2D eigenvalue weighted by Crippen LogP contribution is -2.38. The van der Waals surface area contributed by atoms with E-state index in [1.165, 1.54) is 0 Å². The number of hydrogen-bond acceptors (Lipinski definition) is 3. The van der Waals surface area contributed by atoms with E-state index in [9.17, 15) is 4.79 Å². The summed E-state index contributed by atoms with van der Waals surface area (Å²) in [5, 5.41) is 7.12. The van der Waals surface area contributed by atoms with E-state index in [1.54, 1.807) is 12.3 Å². The van der Waals surface area contributed by atoms with Gasteiger partial charge in [-0.2, -0.15) is 0 Å². The Hall–Kier alpha value is -1.87. The molecule has 8 heteroatoms. The monoisotopic (exact) mass is 541 g/mol. The molecule has 1 aromatic heterocycles. The fraction of sp³-hybridized carbons (Fsp3) is 0.409. The van der Waals surface area contributed by atoms with Gasteiger partial charge < -0.3 is 15.5 Å². The first-order valence-electron chi connectivity index (χ1n) is 10.2. The Balaban J connectivity index is 0.00000320. The summed E-state index contributed by atoms with van der Waals surface area (Å²) < 4.78 is 0. The third-order valence-corrected chi connectivity index (χ3v) is 5.05. The zero-order chi connectivity index (χ0) is 20.5. The van der Waals surface area contributed by atoms with Crippen molar-refractivity contribution in [3.8, 4) is 0 Å². The summed E-state index contributed by atoms with van der Waals surface area (Å²) >= 11 is 5.82. The number of benzene rings is 1. The van der Waals surface area contributed by atoms with Crippen molar-refractivity contribution in [2.75, 3.05) is 24.5 Å². The van der Waals surface area contributed by atoms with Gasteiger partial charge in [-0.15, -0.1) is 24.0 Å². The molecule has 1 aliphatic heterocycles. The molecule has 0 aliphatic carbocycles. The Kier molecular flexibility index (Phi) is 10.4. The summed E-state index contributed by atoms with van der Waals surface area (Å²) in [6, 6.07) is 11.9. The normalized spacial score (nSPS) is 14.3. The second kappa shape index (κ2) is 12.7. The van der Waals surface area contributed by atoms with Crippen LogP contribution in [-0.2, 0) is 17.8 Å². The number of carbonyl (C=O) groups is 1. The Morgan fingerprint density at radius 2 is 1.90 bits per heavy atom. The zero-order valence-electron chi connectivity index (χ0n) is 17.2. The number of aliphatic imine (C=N–C) groups is 1. The summed E-state index contributed by atoms with van der Waals surface area (Å²) in [5.41, 5.74) is 3.21. The molecule has 0 bridgehead atoms. The van der Waals surface area contributed by atoms with E-state index in [0.717, 1.165) is 61.7 Å². The van der Waals surface area contributed by atoms with Gasteiger partial charge in [-0.05, 0) is 55.5 Å². The quantitative estimate of drug-likeness (QED) is 0.239. The standard InChI is InChI=1S/C22H28ClN5O.HI/c1-2-24-22(25-13-12-18-8-11-20(23)26-15-18)27-16-17-6-9-19(10-7-17)28-14-4-3-5-21(28)29;/h6-11,15H,2-5,12-14,16H2,1H3,(H2,24,25,27);1H. The summed E-state index contributed by atoms with van der Waals surface area (Å²) in [5.74, 6) is 1.00. The number of carbonyl (C=O) groups excluding carboxylic acids is 1. The minimum absolute atomic E-state index is 0. The first-order valence-corrected chi connectivity index (χ1v) is 10.6. The minimum atomic E-state index is 0. The lowest BCUT2D eigenvalue weighted by Gasteiger charge is -2.26. The molecular weight excluding hydrogens is 513 g/mol. The molecule has 1 amide bonds. The van der Waals surface area contributed by atoms with Gasteiger partial charge in [-0.25, -0.2) is 9.98 Å². The number of rotatable bonds is 7. The molecule has 6 nitrogen and oxygen atoms in total. The van der Waals surface area contributed by atoms with Crippen LogP contribution < -0.4 is 15.5 Å². The Labute approximate surface area is 200 Å². The number of hydrogen-bond donors (Lipinski definition) is 2. The maximum absolute atomic E-state index is 12.1. The summed E-state index contributed by atoms with van der Waals surface area (Å²) in [6.07, 6.45) is 5.35. The SMILES string of the molecule is CCNC(=NCc1ccc(N2CCCCC2=O)cc1)NCCc1ccc(Cl)nc1.I. The van der Waals surface area contributed by atoms with Crippen LogP contribution in [0.4, 0.5) is 5.69 Å². The van der Waals surface area contributed by atoms with E-state index in [2.05, 4.69) is 20.6 Å². The van der Waals surface area contributed by atoms with E-state index in [-0.39, 0.29) is 29.9 Å². The van der Waals surface area contributed by atoms with E-state index >= 15 is 0 Å². The summed E-state index contributed by atoms with van der Waals surface area (Å²) in [6.45, 7) is 4.99. The molecule has 1 aromatic carbocycles. The van der Waals surface area contributed by atoms with Gasteiger partial charge >= 0.3 is 0 Å². The highest BCUT2D eigenvalue weighted by molar-refractivity contribution is 14.0. The topological polar surface area (TPSA) is 69.6 Å². The van der Waals surface area contributed by atoms with Crippen LogP contribution in [0.25, 0.3) is 0 Å². The second-order valence-corrected chi connectivity index (χ2v) is 7.42. The number of anilines is 1. The van der Waals surface area contributed by atoms with Gasteiger partial charge in [-0.3, -0.25) is 4.79 Å². The molecule has 162 valence electrons. The number of nitrogens with one attached hydrogen (secondary N) is 2. The van der Waals surface area contributed by atoms with Gasteiger partial charge in [0, 0.05) is 37.9 Å². The molecule has 1 fully saturated rings. The van der Waals surface area contributed by atoms with Crippen LogP contribution in [0.2, 0.25) is 5.15 Å².